The minimum absolute atomic E-state index is 0.261. The summed E-state index contributed by atoms with van der Waals surface area (Å²) in [6.07, 6.45) is 3.15. The molecule has 1 aliphatic rings. The molecule has 0 radical (unpaired) electrons. The van der Waals surface area contributed by atoms with Gasteiger partial charge in [0.1, 0.15) is 0 Å². The third-order valence-corrected chi connectivity index (χ3v) is 3.54. The van der Waals surface area contributed by atoms with Crippen LogP contribution in [0, 0.1) is 5.82 Å². The van der Waals surface area contributed by atoms with Crippen LogP contribution < -0.4 is 10.1 Å². The third kappa shape index (κ3) is 3.21. The topological polar surface area (TPSA) is 41.5 Å². The Kier molecular flexibility index (Phi) is 4.19. The molecule has 18 heavy (non-hydrogen) atoms. The fourth-order valence-electron chi connectivity index (χ4n) is 2.41. The summed E-state index contributed by atoms with van der Waals surface area (Å²) in [4.78, 5) is 0. The van der Waals surface area contributed by atoms with Crippen LogP contribution in [-0.4, -0.2) is 30.9 Å². The van der Waals surface area contributed by atoms with Crippen LogP contribution in [0.5, 0.6) is 5.75 Å². The quantitative estimate of drug-likeness (QED) is 0.861. The first-order chi connectivity index (χ1) is 8.63. The number of hydrogen-bond acceptors (Lipinski definition) is 3. The zero-order chi connectivity index (χ0) is 13.0. The summed E-state index contributed by atoms with van der Waals surface area (Å²) in [5.74, 6) is -0.0828. The number of methoxy groups -OCH3 is 1. The number of β-amino-alcohol motifs (C(OH)–C–C–N with tert-alkyl or cyclic N) is 1. The lowest BCUT2D eigenvalue weighted by Crippen LogP contribution is -2.45. The Hall–Kier alpha value is -1.13. The van der Waals surface area contributed by atoms with Crippen molar-refractivity contribution in [2.45, 2.75) is 31.3 Å². The van der Waals surface area contributed by atoms with Crippen LogP contribution in [0.15, 0.2) is 18.2 Å². The Morgan fingerprint density at radius 2 is 2.33 bits per heavy atom. The van der Waals surface area contributed by atoms with Gasteiger partial charge < -0.3 is 15.2 Å². The number of rotatable bonds is 4. The van der Waals surface area contributed by atoms with Crippen molar-refractivity contribution in [1.82, 2.24) is 5.32 Å². The molecule has 4 heteroatoms. The molecule has 1 saturated heterocycles. The van der Waals surface area contributed by atoms with Crippen LogP contribution in [-0.2, 0) is 6.42 Å². The second kappa shape index (κ2) is 5.67. The number of aryl methyl sites for hydroxylation is 1. The fourth-order valence-corrected chi connectivity index (χ4v) is 2.41. The number of halogens is 1. The van der Waals surface area contributed by atoms with E-state index in [1.54, 1.807) is 6.07 Å². The Morgan fingerprint density at radius 1 is 1.50 bits per heavy atom. The van der Waals surface area contributed by atoms with Crippen LogP contribution in [0.1, 0.15) is 24.8 Å². The van der Waals surface area contributed by atoms with E-state index in [0.29, 0.717) is 19.4 Å². The highest BCUT2D eigenvalue weighted by Gasteiger charge is 2.28. The smallest absolute Gasteiger partial charge is 0.165 e. The van der Waals surface area contributed by atoms with E-state index in [1.165, 1.54) is 13.2 Å². The summed E-state index contributed by atoms with van der Waals surface area (Å²) in [6.45, 7) is 1.60. The number of nitrogens with one attached hydrogen (secondary N) is 1. The van der Waals surface area contributed by atoms with Gasteiger partial charge >= 0.3 is 0 Å². The van der Waals surface area contributed by atoms with Crippen molar-refractivity contribution in [1.29, 1.82) is 0 Å². The third-order valence-electron chi connectivity index (χ3n) is 3.54. The van der Waals surface area contributed by atoms with E-state index in [2.05, 4.69) is 5.32 Å². The summed E-state index contributed by atoms with van der Waals surface area (Å²) in [5, 5.41) is 13.5. The summed E-state index contributed by atoms with van der Waals surface area (Å²) in [7, 11) is 1.45. The van der Waals surface area contributed by atoms with Gasteiger partial charge in [-0.05, 0) is 49.9 Å². The van der Waals surface area contributed by atoms with Gasteiger partial charge in [0.2, 0.25) is 0 Å². The van der Waals surface area contributed by atoms with Crippen LogP contribution in [0.4, 0.5) is 4.39 Å². The molecule has 0 amide bonds. The summed E-state index contributed by atoms with van der Waals surface area (Å²) in [6, 6.07) is 4.97. The van der Waals surface area contributed by atoms with Crippen molar-refractivity contribution in [2.75, 3.05) is 20.2 Å². The lowest BCUT2D eigenvalue weighted by Gasteiger charge is -2.32. The fraction of sp³-hybridized carbons (Fsp3) is 0.571. The first kappa shape index (κ1) is 13.3. The van der Waals surface area contributed by atoms with Gasteiger partial charge in [-0.2, -0.15) is 0 Å². The Morgan fingerprint density at radius 3 is 2.94 bits per heavy atom. The number of ether oxygens (including phenoxy) is 1. The van der Waals surface area contributed by atoms with E-state index >= 15 is 0 Å². The lowest BCUT2D eigenvalue weighted by molar-refractivity contribution is 0.00886. The molecular formula is C14H20FNO2. The van der Waals surface area contributed by atoms with Crippen molar-refractivity contribution in [3.05, 3.63) is 29.6 Å². The van der Waals surface area contributed by atoms with E-state index < -0.39 is 5.60 Å². The molecule has 100 valence electrons. The van der Waals surface area contributed by atoms with Gasteiger partial charge in [-0.15, -0.1) is 0 Å². The minimum atomic E-state index is -0.644. The molecule has 1 aromatic carbocycles. The van der Waals surface area contributed by atoms with Crippen molar-refractivity contribution in [3.63, 3.8) is 0 Å². The van der Waals surface area contributed by atoms with Crippen molar-refractivity contribution in [2.24, 2.45) is 0 Å². The first-order valence-corrected chi connectivity index (χ1v) is 6.38. The average molecular weight is 253 g/mol. The molecule has 0 saturated carbocycles. The van der Waals surface area contributed by atoms with E-state index in [9.17, 15) is 9.50 Å². The Balaban J connectivity index is 1.95. The highest BCUT2D eigenvalue weighted by molar-refractivity contribution is 5.29. The molecule has 2 rings (SSSR count). The van der Waals surface area contributed by atoms with Crippen molar-refractivity contribution < 1.29 is 14.2 Å². The Bertz CT molecular complexity index is 403. The van der Waals surface area contributed by atoms with E-state index in [1.807, 2.05) is 6.07 Å². The van der Waals surface area contributed by atoms with Gasteiger partial charge in [0, 0.05) is 6.54 Å². The summed E-state index contributed by atoms with van der Waals surface area (Å²) >= 11 is 0. The molecule has 1 aliphatic heterocycles. The molecule has 3 nitrogen and oxygen atoms in total. The molecule has 1 heterocycles. The molecule has 1 atom stereocenters. The van der Waals surface area contributed by atoms with Gasteiger partial charge in [-0.1, -0.05) is 6.07 Å². The standard InChI is InChI=1S/C14H20FNO2/c1-18-13-4-3-11(9-12(13)15)5-7-14(17)6-2-8-16-10-14/h3-4,9,16-17H,2,5-8,10H2,1H3. The predicted octanol–water partition coefficient (Wildman–Crippen LogP) is 1.88. The molecule has 0 aromatic heterocycles. The maximum atomic E-state index is 13.5. The predicted molar refractivity (Wildman–Crippen MR) is 68.3 cm³/mol. The highest BCUT2D eigenvalue weighted by atomic mass is 19.1. The van der Waals surface area contributed by atoms with Crippen LogP contribution in [0.3, 0.4) is 0 Å². The molecule has 0 spiro atoms. The summed E-state index contributed by atoms with van der Waals surface area (Å²) in [5.41, 5.74) is 0.251. The molecule has 0 aliphatic carbocycles. The molecule has 0 bridgehead atoms. The second-order valence-electron chi connectivity index (χ2n) is 4.97. The maximum absolute atomic E-state index is 13.5. The first-order valence-electron chi connectivity index (χ1n) is 6.38. The normalized spacial score (nSPS) is 23.9. The molecule has 1 unspecified atom stereocenters. The van der Waals surface area contributed by atoms with Crippen molar-refractivity contribution >= 4 is 0 Å². The van der Waals surface area contributed by atoms with Crippen LogP contribution in [0.2, 0.25) is 0 Å². The number of benzene rings is 1. The maximum Gasteiger partial charge on any atom is 0.165 e. The number of hydrogen-bond donors (Lipinski definition) is 2. The van der Waals surface area contributed by atoms with E-state index in [-0.39, 0.29) is 11.6 Å². The zero-order valence-electron chi connectivity index (χ0n) is 10.7. The monoisotopic (exact) mass is 253 g/mol. The molecule has 2 N–H and O–H groups in total. The van der Waals surface area contributed by atoms with Gasteiger partial charge in [-0.25, -0.2) is 4.39 Å². The second-order valence-corrected chi connectivity index (χ2v) is 4.97. The largest absolute Gasteiger partial charge is 0.494 e. The van der Waals surface area contributed by atoms with Crippen molar-refractivity contribution in [3.8, 4) is 5.75 Å². The number of aliphatic hydroxyl groups is 1. The SMILES string of the molecule is COc1ccc(CCC2(O)CCCNC2)cc1F. The molecule has 1 fully saturated rings. The minimum Gasteiger partial charge on any atom is -0.494 e. The van der Waals surface area contributed by atoms with Crippen LogP contribution in [0.25, 0.3) is 0 Å². The molecule has 1 aromatic rings. The summed E-state index contributed by atoms with van der Waals surface area (Å²) < 4.78 is 18.4. The van der Waals surface area contributed by atoms with Gasteiger partial charge in [0.15, 0.2) is 11.6 Å². The number of piperidine rings is 1. The van der Waals surface area contributed by atoms with E-state index in [4.69, 9.17) is 4.74 Å². The van der Waals surface area contributed by atoms with Gasteiger partial charge in [0.25, 0.3) is 0 Å². The van der Waals surface area contributed by atoms with E-state index in [0.717, 1.165) is 24.9 Å². The average Bonchev–Trinajstić information content (AvgIpc) is 2.38. The highest BCUT2D eigenvalue weighted by Crippen LogP contribution is 2.24. The van der Waals surface area contributed by atoms with Crippen LogP contribution >= 0.6 is 0 Å². The Labute approximate surface area is 107 Å². The van der Waals surface area contributed by atoms with Gasteiger partial charge in [-0.3, -0.25) is 0 Å². The van der Waals surface area contributed by atoms with Gasteiger partial charge in [0.05, 0.1) is 12.7 Å². The molecular weight excluding hydrogens is 233 g/mol. The zero-order valence-corrected chi connectivity index (χ0v) is 10.7. The lowest BCUT2D eigenvalue weighted by atomic mass is 9.88.